The number of nitrogens with one attached hydrogen (secondary N) is 1. The number of hydrogen-bond donors (Lipinski definition) is 1. The summed E-state index contributed by atoms with van der Waals surface area (Å²) >= 11 is 0. The lowest BCUT2D eigenvalue weighted by Crippen LogP contribution is -2.60. The molecule has 1 aliphatic heterocycles. The zero-order chi connectivity index (χ0) is 11.3. The summed E-state index contributed by atoms with van der Waals surface area (Å²) < 4.78 is 5.33. The van der Waals surface area contributed by atoms with Gasteiger partial charge in [0.15, 0.2) is 0 Å². The van der Waals surface area contributed by atoms with Crippen LogP contribution >= 0.6 is 0 Å². The van der Waals surface area contributed by atoms with Crippen LogP contribution in [0, 0.1) is 0 Å². The van der Waals surface area contributed by atoms with E-state index in [-0.39, 0.29) is 0 Å². The highest BCUT2D eigenvalue weighted by Crippen LogP contribution is 2.20. The maximum absolute atomic E-state index is 5.33. The quantitative estimate of drug-likeness (QED) is 0.750. The highest BCUT2D eigenvalue weighted by Gasteiger charge is 2.31. The van der Waals surface area contributed by atoms with E-state index in [1.807, 2.05) is 0 Å². The molecule has 1 heterocycles. The van der Waals surface area contributed by atoms with Crippen LogP contribution < -0.4 is 5.32 Å². The van der Waals surface area contributed by atoms with Crippen LogP contribution in [0.4, 0.5) is 0 Å². The average molecular weight is 214 g/mol. The Bertz CT molecular complexity index is 180. The largest absolute Gasteiger partial charge is 0.380 e. The van der Waals surface area contributed by atoms with Gasteiger partial charge in [0.2, 0.25) is 0 Å². The molecule has 1 aliphatic rings. The van der Waals surface area contributed by atoms with E-state index in [0.29, 0.717) is 11.6 Å². The topological polar surface area (TPSA) is 24.5 Å². The summed E-state index contributed by atoms with van der Waals surface area (Å²) in [7, 11) is 1.79. The van der Waals surface area contributed by atoms with E-state index >= 15 is 0 Å². The van der Waals surface area contributed by atoms with E-state index in [4.69, 9.17) is 4.74 Å². The van der Waals surface area contributed by atoms with Gasteiger partial charge in [-0.15, -0.1) is 0 Å². The number of methoxy groups -OCH3 is 1. The molecule has 0 aromatic carbocycles. The maximum Gasteiger partial charge on any atom is 0.0670 e. The van der Waals surface area contributed by atoms with Gasteiger partial charge in [0.25, 0.3) is 0 Å². The predicted molar refractivity (Wildman–Crippen MR) is 64.2 cm³/mol. The van der Waals surface area contributed by atoms with Crippen molar-refractivity contribution < 1.29 is 4.74 Å². The fraction of sp³-hybridized carbons (Fsp3) is 1.00. The lowest BCUT2D eigenvalue weighted by Gasteiger charge is -2.43. The number of piperazine rings is 1. The van der Waals surface area contributed by atoms with Gasteiger partial charge in [-0.1, -0.05) is 13.8 Å². The molecule has 0 amide bonds. The number of nitrogens with zero attached hydrogens (tertiary/aromatic N) is 1. The molecule has 15 heavy (non-hydrogen) atoms. The molecule has 0 aromatic rings. The molecular weight excluding hydrogens is 188 g/mol. The summed E-state index contributed by atoms with van der Waals surface area (Å²) in [5, 5.41) is 3.67. The predicted octanol–water partition coefficient (Wildman–Crippen LogP) is 1.49. The fourth-order valence-electron chi connectivity index (χ4n) is 2.36. The van der Waals surface area contributed by atoms with Crippen LogP contribution in [0.25, 0.3) is 0 Å². The summed E-state index contributed by atoms with van der Waals surface area (Å²) in [5.41, 5.74) is 0.339. The molecule has 1 atom stereocenters. The molecule has 3 heteroatoms. The van der Waals surface area contributed by atoms with Crippen molar-refractivity contribution in [3.05, 3.63) is 0 Å². The summed E-state index contributed by atoms with van der Waals surface area (Å²) in [6, 6.07) is 0. The maximum atomic E-state index is 5.33. The molecule has 0 aliphatic carbocycles. The molecule has 0 radical (unpaired) electrons. The molecule has 1 rings (SSSR count). The molecule has 1 N–H and O–H groups in total. The minimum Gasteiger partial charge on any atom is -0.380 e. The summed E-state index contributed by atoms with van der Waals surface area (Å²) in [4.78, 5) is 2.53. The Kier molecular flexibility index (Phi) is 5.03. The fourth-order valence-corrected chi connectivity index (χ4v) is 2.36. The van der Waals surface area contributed by atoms with E-state index in [0.717, 1.165) is 26.2 Å². The Hall–Kier alpha value is -0.120. The molecular formula is C12H26N2O. The van der Waals surface area contributed by atoms with Crippen molar-refractivity contribution in [1.29, 1.82) is 0 Å². The standard InChI is InChI=1S/C12H26N2O/c1-5-12(6-2)10-14(8-7-13-12)9-11(3)15-4/h11,13H,5-10H2,1-4H3. The van der Waals surface area contributed by atoms with E-state index < -0.39 is 0 Å². The highest BCUT2D eigenvalue weighted by atomic mass is 16.5. The third-order valence-electron chi connectivity index (χ3n) is 3.73. The van der Waals surface area contributed by atoms with Crippen LogP contribution in [0.2, 0.25) is 0 Å². The molecule has 90 valence electrons. The summed E-state index contributed by atoms with van der Waals surface area (Å²) in [5.74, 6) is 0. The van der Waals surface area contributed by atoms with E-state index in [2.05, 4.69) is 31.0 Å². The van der Waals surface area contributed by atoms with Gasteiger partial charge in [-0.3, -0.25) is 4.90 Å². The highest BCUT2D eigenvalue weighted by molar-refractivity contribution is 4.92. The van der Waals surface area contributed by atoms with E-state index in [1.165, 1.54) is 12.8 Å². The minimum absolute atomic E-state index is 0.339. The van der Waals surface area contributed by atoms with Gasteiger partial charge in [0.05, 0.1) is 6.10 Å². The first-order valence-electron chi connectivity index (χ1n) is 6.16. The molecule has 1 fully saturated rings. The van der Waals surface area contributed by atoms with E-state index in [1.54, 1.807) is 7.11 Å². The molecule has 0 saturated carbocycles. The third kappa shape index (κ3) is 3.44. The normalized spacial score (nSPS) is 24.0. The van der Waals surface area contributed by atoms with Crippen LogP contribution in [-0.4, -0.2) is 49.8 Å². The Morgan fingerprint density at radius 2 is 2.07 bits per heavy atom. The SMILES string of the molecule is CCC1(CC)CN(CC(C)OC)CCN1. The van der Waals surface area contributed by atoms with Crippen molar-refractivity contribution >= 4 is 0 Å². The van der Waals surface area contributed by atoms with Crippen molar-refractivity contribution in [3.63, 3.8) is 0 Å². The van der Waals surface area contributed by atoms with Gasteiger partial charge in [-0.05, 0) is 19.8 Å². The molecule has 1 saturated heterocycles. The summed E-state index contributed by atoms with van der Waals surface area (Å²) in [6.45, 7) is 11.2. The van der Waals surface area contributed by atoms with Crippen molar-refractivity contribution in [2.24, 2.45) is 0 Å². The van der Waals surface area contributed by atoms with Crippen LogP contribution in [0.15, 0.2) is 0 Å². The van der Waals surface area contributed by atoms with Gasteiger partial charge in [0.1, 0.15) is 0 Å². The first-order valence-corrected chi connectivity index (χ1v) is 6.16. The minimum atomic E-state index is 0.339. The summed E-state index contributed by atoms with van der Waals surface area (Å²) in [6.07, 6.45) is 2.76. The van der Waals surface area contributed by atoms with Crippen LogP contribution in [0.1, 0.15) is 33.6 Å². The van der Waals surface area contributed by atoms with Gasteiger partial charge in [-0.25, -0.2) is 0 Å². The van der Waals surface area contributed by atoms with Crippen LogP contribution in [0.5, 0.6) is 0 Å². The first kappa shape index (κ1) is 12.9. The van der Waals surface area contributed by atoms with Gasteiger partial charge >= 0.3 is 0 Å². The molecule has 0 aromatic heterocycles. The molecule has 1 unspecified atom stereocenters. The smallest absolute Gasteiger partial charge is 0.0670 e. The molecule has 3 nitrogen and oxygen atoms in total. The van der Waals surface area contributed by atoms with Crippen molar-refractivity contribution in [3.8, 4) is 0 Å². The second-order valence-corrected chi connectivity index (χ2v) is 4.70. The van der Waals surface area contributed by atoms with E-state index in [9.17, 15) is 0 Å². The average Bonchev–Trinajstić information content (AvgIpc) is 2.29. The Labute approximate surface area is 94.2 Å². The van der Waals surface area contributed by atoms with Crippen LogP contribution in [0.3, 0.4) is 0 Å². The van der Waals surface area contributed by atoms with Gasteiger partial charge in [0, 0.05) is 38.8 Å². The Morgan fingerprint density at radius 1 is 1.40 bits per heavy atom. The number of hydrogen-bond acceptors (Lipinski definition) is 3. The van der Waals surface area contributed by atoms with Crippen molar-refractivity contribution in [2.45, 2.75) is 45.3 Å². The molecule has 0 bridgehead atoms. The monoisotopic (exact) mass is 214 g/mol. The number of rotatable bonds is 5. The first-order chi connectivity index (χ1) is 7.15. The lowest BCUT2D eigenvalue weighted by atomic mass is 9.90. The second kappa shape index (κ2) is 5.83. The Morgan fingerprint density at radius 3 is 2.60 bits per heavy atom. The van der Waals surface area contributed by atoms with Crippen molar-refractivity contribution in [1.82, 2.24) is 10.2 Å². The molecule has 0 spiro atoms. The zero-order valence-corrected chi connectivity index (χ0v) is 10.7. The number of ether oxygens (including phenoxy) is 1. The van der Waals surface area contributed by atoms with Gasteiger partial charge < -0.3 is 10.1 Å². The Balaban J connectivity index is 2.47. The van der Waals surface area contributed by atoms with Crippen LogP contribution in [-0.2, 0) is 4.74 Å². The zero-order valence-electron chi connectivity index (χ0n) is 10.7. The third-order valence-corrected chi connectivity index (χ3v) is 3.73. The van der Waals surface area contributed by atoms with Gasteiger partial charge in [-0.2, -0.15) is 0 Å². The lowest BCUT2D eigenvalue weighted by molar-refractivity contribution is 0.0469. The second-order valence-electron chi connectivity index (χ2n) is 4.70. The van der Waals surface area contributed by atoms with Crippen molar-refractivity contribution in [2.75, 3.05) is 33.3 Å².